The van der Waals surface area contributed by atoms with Gasteiger partial charge < -0.3 is 10.4 Å². The SMILES string of the molecule is Cc1nc2c(Cc3ccc(C(C(=O)N[C@@H](CO)c4ccccc4)C4CCCC4)cc3)c3ccccc3n2c(C)c1C. The van der Waals surface area contributed by atoms with Gasteiger partial charge in [0.1, 0.15) is 5.65 Å². The maximum atomic E-state index is 13.8. The van der Waals surface area contributed by atoms with Gasteiger partial charge in [0.25, 0.3) is 0 Å². The zero-order valence-corrected chi connectivity index (χ0v) is 24.2. The molecule has 1 fully saturated rings. The molecule has 41 heavy (non-hydrogen) atoms. The van der Waals surface area contributed by atoms with Crippen LogP contribution in [-0.2, 0) is 11.2 Å². The van der Waals surface area contributed by atoms with E-state index in [9.17, 15) is 9.90 Å². The first-order valence-electron chi connectivity index (χ1n) is 14.9. The van der Waals surface area contributed by atoms with E-state index in [0.717, 1.165) is 54.6 Å². The molecule has 210 valence electrons. The Hall–Kier alpha value is -3.96. The van der Waals surface area contributed by atoms with Crippen molar-refractivity contribution in [2.45, 2.75) is 64.8 Å². The zero-order chi connectivity index (χ0) is 28.5. The van der Waals surface area contributed by atoms with Crippen LogP contribution in [0.5, 0.6) is 0 Å². The van der Waals surface area contributed by atoms with Crippen molar-refractivity contribution in [1.29, 1.82) is 0 Å². The predicted octanol–water partition coefficient (Wildman–Crippen LogP) is 7.13. The number of carbonyl (C=O) groups excluding carboxylic acids is 1. The molecule has 2 atom stereocenters. The van der Waals surface area contributed by atoms with E-state index in [1.54, 1.807) is 0 Å². The van der Waals surface area contributed by atoms with Crippen LogP contribution in [-0.4, -0.2) is 27.0 Å². The van der Waals surface area contributed by atoms with Gasteiger partial charge in [-0.05, 0) is 67.9 Å². The number of aryl methyl sites for hydroxylation is 2. The largest absolute Gasteiger partial charge is 0.394 e. The molecule has 1 amide bonds. The Morgan fingerprint density at radius 3 is 2.32 bits per heavy atom. The van der Waals surface area contributed by atoms with E-state index in [1.807, 2.05) is 30.3 Å². The molecule has 0 spiro atoms. The van der Waals surface area contributed by atoms with Crippen LogP contribution < -0.4 is 5.32 Å². The second-order valence-corrected chi connectivity index (χ2v) is 11.7. The van der Waals surface area contributed by atoms with Gasteiger partial charge in [0.15, 0.2) is 0 Å². The molecule has 0 aliphatic heterocycles. The van der Waals surface area contributed by atoms with Crippen LogP contribution in [0.25, 0.3) is 16.6 Å². The van der Waals surface area contributed by atoms with Crippen LogP contribution >= 0.6 is 0 Å². The monoisotopic (exact) mass is 545 g/mol. The summed E-state index contributed by atoms with van der Waals surface area (Å²) in [5.41, 5.74) is 10.1. The Morgan fingerprint density at radius 1 is 0.927 bits per heavy atom. The maximum Gasteiger partial charge on any atom is 0.228 e. The number of para-hydroxylation sites is 1. The number of aromatic nitrogens is 2. The highest BCUT2D eigenvalue weighted by atomic mass is 16.3. The summed E-state index contributed by atoms with van der Waals surface area (Å²) in [5.74, 6) is 0.0895. The number of rotatable bonds is 8. The van der Waals surface area contributed by atoms with Gasteiger partial charge in [0.05, 0.1) is 24.1 Å². The molecule has 2 aromatic heterocycles. The molecular formula is C36H39N3O2. The molecule has 1 aliphatic carbocycles. The molecule has 0 bridgehead atoms. The number of aliphatic hydroxyl groups excluding tert-OH is 1. The summed E-state index contributed by atoms with van der Waals surface area (Å²) in [7, 11) is 0. The zero-order valence-electron chi connectivity index (χ0n) is 24.2. The summed E-state index contributed by atoms with van der Waals surface area (Å²) >= 11 is 0. The fourth-order valence-corrected chi connectivity index (χ4v) is 6.75. The molecule has 5 heteroatoms. The molecule has 6 rings (SSSR count). The molecule has 1 aliphatic rings. The quantitative estimate of drug-likeness (QED) is 0.218. The third-order valence-corrected chi connectivity index (χ3v) is 9.22. The van der Waals surface area contributed by atoms with Gasteiger partial charge in [0, 0.05) is 28.8 Å². The fourth-order valence-electron chi connectivity index (χ4n) is 6.75. The maximum absolute atomic E-state index is 13.8. The van der Waals surface area contributed by atoms with E-state index in [4.69, 9.17) is 4.98 Å². The van der Waals surface area contributed by atoms with Crippen LogP contribution in [0.3, 0.4) is 0 Å². The molecule has 2 N–H and O–H groups in total. The van der Waals surface area contributed by atoms with Crippen molar-refractivity contribution < 1.29 is 9.90 Å². The van der Waals surface area contributed by atoms with Gasteiger partial charge in [-0.3, -0.25) is 9.20 Å². The van der Waals surface area contributed by atoms with Crippen LogP contribution in [0.2, 0.25) is 0 Å². The first-order chi connectivity index (χ1) is 20.0. The second kappa shape index (κ2) is 11.5. The summed E-state index contributed by atoms with van der Waals surface area (Å²) in [6.07, 6.45) is 5.21. The first kappa shape index (κ1) is 27.2. The van der Waals surface area contributed by atoms with Crippen molar-refractivity contribution >= 4 is 22.5 Å². The van der Waals surface area contributed by atoms with Crippen LogP contribution in [0, 0.1) is 26.7 Å². The number of hydrogen-bond donors (Lipinski definition) is 2. The highest BCUT2D eigenvalue weighted by Crippen LogP contribution is 2.38. The Kier molecular flexibility index (Phi) is 7.63. The van der Waals surface area contributed by atoms with Crippen molar-refractivity contribution in [2.75, 3.05) is 6.61 Å². The second-order valence-electron chi connectivity index (χ2n) is 11.7. The number of aliphatic hydroxyl groups is 1. The smallest absolute Gasteiger partial charge is 0.228 e. The summed E-state index contributed by atoms with van der Waals surface area (Å²) < 4.78 is 2.30. The van der Waals surface area contributed by atoms with Gasteiger partial charge >= 0.3 is 0 Å². The van der Waals surface area contributed by atoms with Gasteiger partial charge in [-0.1, -0.05) is 85.6 Å². The number of carbonyl (C=O) groups is 1. The number of fused-ring (bicyclic) bond motifs is 3. The molecule has 3 aromatic carbocycles. The molecule has 0 saturated heterocycles. The van der Waals surface area contributed by atoms with E-state index < -0.39 is 6.04 Å². The Morgan fingerprint density at radius 2 is 1.61 bits per heavy atom. The van der Waals surface area contributed by atoms with Gasteiger partial charge in [-0.25, -0.2) is 4.98 Å². The molecule has 5 aromatic rings. The van der Waals surface area contributed by atoms with Crippen LogP contribution in [0.4, 0.5) is 0 Å². The topological polar surface area (TPSA) is 66.6 Å². The third kappa shape index (κ3) is 5.15. The van der Waals surface area contributed by atoms with E-state index in [0.29, 0.717) is 5.92 Å². The van der Waals surface area contributed by atoms with Crippen molar-refractivity contribution in [3.05, 3.63) is 118 Å². The average Bonchev–Trinajstić information content (AvgIpc) is 3.63. The number of nitrogens with zero attached hydrogens (tertiary/aromatic N) is 2. The van der Waals surface area contributed by atoms with E-state index >= 15 is 0 Å². The molecule has 0 radical (unpaired) electrons. The van der Waals surface area contributed by atoms with Crippen molar-refractivity contribution in [3.63, 3.8) is 0 Å². The highest BCUT2D eigenvalue weighted by Gasteiger charge is 2.33. The summed E-state index contributed by atoms with van der Waals surface area (Å²) in [6.45, 7) is 6.28. The number of nitrogens with one attached hydrogen (secondary N) is 1. The minimum absolute atomic E-state index is 0.00231. The number of hydrogen-bond acceptors (Lipinski definition) is 3. The lowest BCUT2D eigenvalue weighted by molar-refractivity contribution is -0.124. The Balaban J connectivity index is 1.31. The predicted molar refractivity (Wildman–Crippen MR) is 165 cm³/mol. The van der Waals surface area contributed by atoms with Gasteiger partial charge in [-0.15, -0.1) is 0 Å². The lowest BCUT2D eigenvalue weighted by Crippen LogP contribution is -2.37. The molecule has 1 unspecified atom stereocenters. The van der Waals surface area contributed by atoms with Gasteiger partial charge in [0.2, 0.25) is 5.91 Å². The van der Waals surface area contributed by atoms with E-state index in [1.165, 1.54) is 33.3 Å². The molecular weight excluding hydrogens is 506 g/mol. The van der Waals surface area contributed by atoms with Crippen molar-refractivity contribution in [2.24, 2.45) is 5.92 Å². The number of benzene rings is 3. The van der Waals surface area contributed by atoms with Crippen molar-refractivity contribution in [1.82, 2.24) is 14.7 Å². The molecule has 2 heterocycles. The van der Waals surface area contributed by atoms with E-state index in [-0.39, 0.29) is 18.4 Å². The molecule has 1 saturated carbocycles. The highest BCUT2D eigenvalue weighted by molar-refractivity contribution is 5.92. The third-order valence-electron chi connectivity index (χ3n) is 9.22. The minimum Gasteiger partial charge on any atom is -0.394 e. The van der Waals surface area contributed by atoms with Crippen LogP contribution in [0.1, 0.15) is 76.8 Å². The Labute approximate surface area is 242 Å². The van der Waals surface area contributed by atoms with Crippen molar-refractivity contribution in [3.8, 4) is 0 Å². The first-order valence-corrected chi connectivity index (χ1v) is 14.9. The van der Waals surface area contributed by atoms with Gasteiger partial charge in [-0.2, -0.15) is 0 Å². The lowest BCUT2D eigenvalue weighted by atomic mass is 9.83. The average molecular weight is 546 g/mol. The summed E-state index contributed by atoms with van der Waals surface area (Å²) in [6, 6.07) is 26.5. The van der Waals surface area contributed by atoms with Crippen LogP contribution in [0.15, 0.2) is 78.9 Å². The minimum atomic E-state index is -0.411. The van der Waals surface area contributed by atoms with E-state index in [2.05, 4.69) is 79.0 Å². The lowest BCUT2D eigenvalue weighted by Gasteiger charge is -2.26. The Bertz CT molecular complexity index is 1680. The fraction of sp³-hybridized carbons (Fsp3) is 0.333. The molecule has 5 nitrogen and oxygen atoms in total. The summed E-state index contributed by atoms with van der Waals surface area (Å²) in [4.78, 5) is 18.8. The summed E-state index contributed by atoms with van der Waals surface area (Å²) in [5, 5.41) is 14.5. The number of amides is 1. The normalized spacial score (nSPS) is 15.4. The standard InChI is InChI=1S/C36H39N3O2/c1-23-24(2)37-35-31(30-15-9-10-16-33(30)39(35)25(23)3)21-26-17-19-29(20-18-26)34(28-13-7-8-14-28)36(41)38-32(22-40)27-11-5-4-6-12-27/h4-6,9-12,15-20,28,32,34,40H,7-8,13-14,21-22H2,1-3H3,(H,38,41)/t32-,34?/m0/s1.